The molecule has 0 bridgehead atoms. The number of amides is 1. The molecule has 1 amide bonds. The first-order valence-electron chi connectivity index (χ1n) is 8.71. The molecule has 0 aliphatic rings. The molecule has 3 aromatic rings. The molecule has 0 saturated heterocycles. The molecule has 3 rings (SSSR count). The fourth-order valence-electron chi connectivity index (χ4n) is 3.02. The van der Waals surface area contributed by atoms with Crippen molar-refractivity contribution < 1.29 is 19.1 Å². The van der Waals surface area contributed by atoms with Gasteiger partial charge in [-0.2, -0.15) is 0 Å². The maximum Gasteiger partial charge on any atom is 0.306 e. The highest BCUT2D eigenvalue weighted by atomic mass is 19.1. The van der Waals surface area contributed by atoms with Crippen molar-refractivity contribution >= 4 is 11.9 Å². The summed E-state index contributed by atoms with van der Waals surface area (Å²) in [5, 5.41) is 12.1. The van der Waals surface area contributed by atoms with E-state index in [4.69, 9.17) is 0 Å². The number of aliphatic carboxylic acids is 1. The Morgan fingerprint density at radius 2 is 1.68 bits per heavy atom. The molecule has 2 N–H and O–H groups in total. The summed E-state index contributed by atoms with van der Waals surface area (Å²) in [6.07, 6.45) is -0.296. The van der Waals surface area contributed by atoms with Gasteiger partial charge in [0, 0.05) is 5.56 Å². The van der Waals surface area contributed by atoms with Crippen molar-refractivity contribution in [2.75, 3.05) is 0 Å². The van der Waals surface area contributed by atoms with Crippen LogP contribution in [-0.4, -0.2) is 22.0 Å². The van der Waals surface area contributed by atoms with Gasteiger partial charge >= 0.3 is 5.97 Å². The minimum Gasteiger partial charge on any atom is -0.481 e. The maximum atomic E-state index is 14.0. The summed E-state index contributed by atoms with van der Waals surface area (Å²) in [7, 11) is 0. The van der Waals surface area contributed by atoms with Crippen LogP contribution >= 0.6 is 0 Å². The molecule has 0 aliphatic heterocycles. The number of halogens is 1. The van der Waals surface area contributed by atoms with Gasteiger partial charge in [0.2, 0.25) is 0 Å². The van der Waals surface area contributed by atoms with Crippen molar-refractivity contribution in [3.63, 3.8) is 0 Å². The fraction of sp³-hybridized carbons (Fsp3) is 0.136. The number of hydrogen-bond donors (Lipinski definition) is 2. The van der Waals surface area contributed by atoms with Crippen LogP contribution in [0.3, 0.4) is 0 Å². The minimum absolute atomic E-state index is 0.0771. The zero-order valence-corrected chi connectivity index (χ0v) is 15.2. The Labute approximate surface area is 161 Å². The summed E-state index contributed by atoms with van der Waals surface area (Å²) in [6, 6.07) is 19.8. The topological polar surface area (TPSA) is 79.3 Å². The van der Waals surface area contributed by atoms with Crippen LogP contribution in [0.25, 0.3) is 11.3 Å². The van der Waals surface area contributed by atoms with Crippen LogP contribution in [0, 0.1) is 5.82 Å². The highest BCUT2D eigenvalue weighted by molar-refractivity contribution is 5.93. The van der Waals surface area contributed by atoms with Crippen molar-refractivity contribution in [2.45, 2.75) is 18.9 Å². The molecule has 1 atom stereocenters. The standard InChI is InChI=1S/C22H19FN2O3/c1-22(14-20(26)27,15-8-3-2-4-9-15)25-21(28)19-13-7-12-18(24-19)16-10-5-6-11-17(16)23/h2-13H,14H2,1H3,(H,25,28)(H,26,27). The van der Waals surface area contributed by atoms with Crippen LogP contribution in [0.2, 0.25) is 0 Å². The molecule has 142 valence electrons. The zero-order chi connectivity index (χ0) is 20.1. The summed E-state index contributed by atoms with van der Waals surface area (Å²) in [5.74, 6) is -2.02. The summed E-state index contributed by atoms with van der Waals surface area (Å²) in [5.41, 5.74) is 0.225. The second-order valence-electron chi connectivity index (χ2n) is 6.61. The van der Waals surface area contributed by atoms with Crippen LogP contribution in [0.15, 0.2) is 72.8 Å². The number of aromatic nitrogens is 1. The van der Waals surface area contributed by atoms with Crippen LogP contribution in [0.5, 0.6) is 0 Å². The minimum atomic E-state index is -1.13. The molecule has 28 heavy (non-hydrogen) atoms. The fourth-order valence-corrected chi connectivity index (χ4v) is 3.02. The molecular formula is C22H19FN2O3. The van der Waals surface area contributed by atoms with E-state index >= 15 is 0 Å². The Morgan fingerprint density at radius 1 is 1.00 bits per heavy atom. The van der Waals surface area contributed by atoms with Gasteiger partial charge in [-0.25, -0.2) is 9.37 Å². The predicted molar refractivity (Wildman–Crippen MR) is 103 cm³/mol. The van der Waals surface area contributed by atoms with Gasteiger partial charge in [0.25, 0.3) is 5.91 Å². The summed E-state index contributed by atoms with van der Waals surface area (Å²) in [4.78, 5) is 28.5. The number of carbonyl (C=O) groups excluding carboxylic acids is 1. The van der Waals surface area contributed by atoms with E-state index in [0.29, 0.717) is 11.3 Å². The lowest BCUT2D eigenvalue weighted by molar-refractivity contribution is -0.138. The molecule has 0 aliphatic carbocycles. The van der Waals surface area contributed by atoms with E-state index in [0.717, 1.165) is 0 Å². The molecule has 0 spiro atoms. The molecule has 5 nitrogen and oxygen atoms in total. The van der Waals surface area contributed by atoms with Crippen molar-refractivity contribution in [3.8, 4) is 11.3 Å². The average Bonchev–Trinajstić information content (AvgIpc) is 2.68. The SMILES string of the molecule is CC(CC(=O)O)(NC(=O)c1cccc(-c2ccccc2F)n1)c1ccccc1. The smallest absolute Gasteiger partial charge is 0.306 e. The predicted octanol–water partition coefficient (Wildman–Crippen LogP) is 4.01. The van der Waals surface area contributed by atoms with Crippen LogP contribution < -0.4 is 5.32 Å². The zero-order valence-electron chi connectivity index (χ0n) is 15.2. The lowest BCUT2D eigenvalue weighted by atomic mass is 9.88. The van der Waals surface area contributed by atoms with Crippen molar-refractivity contribution in [3.05, 3.63) is 89.9 Å². The first kappa shape index (κ1) is 19.2. The molecule has 1 unspecified atom stereocenters. The number of nitrogens with one attached hydrogen (secondary N) is 1. The number of benzene rings is 2. The molecule has 2 aromatic carbocycles. The Balaban J connectivity index is 1.92. The number of carboxylic acid groups (broad SMARTS) is 1. The number of nitrogens with zero attached hydrogens (tertiary/aromatic N) is 1. The lowest BCUT2D eigenvalue weighted by Gasteiger charge is -2.30. The number of carboxylic acids is 1. The number of hydrogen-bond acceptors (Lipinski definition) is 3. The third-order valence-corrected chi connectivity index (χ3v) is 4.44. The Morgan fingerprint density at radius 3 is 2.36 bits per heavy atom. The summed E-state index contributed by atoms with van der Waals surface area (Å²) < 4.78 is 14.0. The summed E-state index contributed by atoms with van der Waals surface area (Å²) in [6.45, 7) is 1.65. The molecule has 1 aromatic heterocycles. The van der Waals surface area contributed by atoms with E-state index in [2.05, 4.69) is 10.3 Å². The third kappa shape index (κ3) is 4.23. The highest BCUT2D eigenvalue weighted by Gasteiger charge is 2.32. The van der Waals surface area contributed by atoms with Gasteiger partial charge in [-0.1, -0.05) is 48.5 Å². The van der Waals surface area contributed by atoms with E-state index in [9.17, 15) is 19.1 Å². The van der Waals surface area contributed by atoms with E-state index in [1.54, 1.807) is 61.5 Å². The number of pyridine rings is 1. The second kappa shape index (κ2) is 8.00. The number of carbonyl (C=O) groups is 2. The van der Waals surface area contributed by atoms with Crippen molar-refractivity contribution in [1.29, 1.82) is 0 Å². The molecular weight excluding hydrogens is 359 g/mol. The average molecular weight is 378 g/mol. The number of rotatable bonds is 6. The maximum absolute atomic E-state index is 14.0. The molecule has 0 fully saturated rings. The monoisotopic (exact) mass is 378 g/mol. The van der Waals surface area contributed by atoms with Gasteiger partial charge in [0.15, 0.2) is 0 Å². The Kier molecular flexibility index (Phi) is 5.49. The molecule has 0 saturated carbocycles. The van der Waals surface area contributed by atoms with Gasteiger partial charge in [-0.05, 0) is 36.8 Å². The quantitative estimate of drug-likeness (QED) is 0.679. The Bertz CT molecular complexity index is 1010. The van der Waals surface area contributed by atoms with E-state index < -0.39 is 23.2 Å². The van der Waals surface area contributed by atoms with E-state index in [-0.39, 0.29) is 17.7 Å². The van der Waals surface area contributed by atoms with Gasteiger partial charge < -0.3 is 10.4 Å². The van der Waals surface area contributed by atoms with Crippen LogP contribution in [0.4, 0.5) is 4.39 Å². The molecule has 1 heterocycles. The van der Waals surface area contributed by atoms with E-state index in [1.807, 2.05) is 6.07 Å². The van der Waals surface area contributed by atoms with Gasteiger partial charge in [-0.15, -0.1) is 0 Å². The summed E-state index contributed by atoms with van der Waals surface area (Å²) >= 11 is 0. The van der Waals surface area contributed by atoms with Crippen LogP contribution in [0.1, 0.15) is 29.4 Å². The van der Waals surface area contributed by atoms with Gasteiger partial charge in [0.05, 0.1) is 17.7 Å². The molecule has 6 heteroatoms. The van der Waals surface area contributed by atoms with E-state index in [1.165, 1.54) is 12.1 Å². The molecule has 0 radical (unpaired) electrons. The third-order valence-electron chi connectivity index (χ3n) is 4.44. The van der Waals surface area contributed by atoms with Crippen LogP contribution in [-0.2, 0) is 10.3 Å². The normalized spacial score (nSPS) is 12.8. The first-order valence-corrected chi connectivity index (χ1v) is 8.71. The second-order valence-corrected chi connectivity index (χ2v) is 6.61. The van der Waals surface area contributed by atoms with Crippen molar-refractivity contribution in [1.82, 2.24) is 10.3 Å². The van der Waals surface area contributed by atoms with Gasteiger partial charge in [0.1, 0.15) is 11.5 Å². The highest BCUT2D eigenvalue weighted by Crippen LogP contribution is 2.26. The van der Waals surface area contributed by atoms with Crippen molar-refractivity contribution in [2.24, 2.45) is 0 Å². The Hall–Kier alpha value is -3.54. The first-order chi connectivity index (χ1) is 13.4. The van der Waals surface area contributed by atoms with Gasteiger partial charge in [-0.3, -0.25) is 9.59 Å². The largest absolute Gasteiger partial charge is 0.481 e. The lowest BCUT2D eigenvalue weighted by Crippen LogP contribution is -2.45.